The van der Waals surface area contributed by atoms with Gasteiger partial charge in [-0.05, 0) is 33.4 Å². The smallest absolute Gasteiger partial charge is 0.163 e. The Labute approximate surface area is 110 Å². The number of halogens is 3. The van der Waals surface area contributed by atoms with Crippen LogP contribution in [0.1, 0.15) is 16.5 Å². The quantitative estimate of drug-likeness (QED) is 0.908. The van der Waals surface area contributed by atoms with Gasteiger partial charge in [0.2, 0.25) is 0 Å². The highest BCUT2D eigenvalue weighted by Crippen LogP contribution is 2.28. The summed E-state index contributed by atoms with van der Waals surface area (Å²) in [5.41, 5.74) is 6.12. The van der Waals surface area contributed by atoms with E-state index in [0.29, 0.717) is 6.42 Å². The van der Waals surface area contributed by atoms with E-state index in [4.69, 9.17) is 5.73 Å². The Bertz CT molecular complexity index is 527. The monoisotopic (exact) mass is 317 g/mol. The second kappa shape index (κ2) is 5.25. The number of rotatable bonds is 3. The van der Waals surface area contributed by atoms with Gasteiger partial charge in [0.05, 0.1) is 0 Å². The first-order valence-electron chi connectivity index (χ1n) is 5.01. The number of nitrogens with two attached hydrogens (primary N) is 1. The molecule has 0 aliphatic rings. The van der Waals surface area contributed by atoms with Gasteiger partial charge in [-0.25, -0.2) is 8.78 Å². The van der Waals surface area contributed by atoms with Crippen LogP contribution in [0.15, 0.2) is 34.1 Å². The number of hydrogen-bond acceptors (Lipinski definition) is 2. The van der Waals surface area contributed by atoms with Crippen molar-refractivity contribution in [2.24, 2.45) is 5.73 Å². The molecule has 1 unspecified atom stereocenters. The molecule has 17 heavy (non-hydrogen) atoms. The molecule has 1 heterocycles. The molecule has 2 rings (SSSR count). The van der Waals surface area contributed by atoms with Crippen molar-refractivity contribution in [1.29, 1.82) is 0 Å². The summed E-state index contributed by atoms with van der Waals surface area (Å²) in [6.07, 6.45) is 0.485. The van der Waals surface area contributed by atoms with Crippen LogP contribution in [0.4, 0.5) is 8.78 Å². The summed E-state index contributed by atoms with van der Waals surface area (Å²) in [4.78, 5) is 1.03. The summed E-state index contributed by atoms with van der Waals surface area (Å²) in [6.45, 7) is 0. The summed E-state index contributed by atoms with van der Waals surface area (Å²) in [5, 5.41) is 1.92. The molecular weight excluding hydrogens is 308 g/mol. The molecule has 0 fully saturated rings. The molecule has 0 saturated carbocycles. The molecule has 1 aromatic heterocycles. The molecule has 0 spiro atoms. The maximum atomic E-state index is 13.5. The lowest BCUT2D eigenvalue weighted by atomic mass is 10.0. The fraction of sp³-hybridized carbons (Fsp3) is 0.167. The highest BCUT2D eigenvalue weighted by Gasteiger charge is 2.16. The third-order valence-corrected chi connectivity index (χ3v) is 4.43. The van der Waals surface area contributed by atoms with E-state index in [0.717, 1.165) is 15.4 Å². The standard InChI is InChI=1S/C12H10BrF2NS/c13-8-4-5-17-11(8)6-10(16)7-2-1-3-9(14)12(7)15/h1-5,10H,6,16H2. The molecule has 0 aliphatic carbocycles. The SMILES string of the molecule is NC(Cc1sccc1Br)c1cccc(F)c1F. The predicted octanol–water partition coefficient (Wildman–Crippen LogP) is 4.03. The second-order valence-corrected chi connectivity index (χ2v) is 5.50. The summed E-state index contributed by atoms with van der Waals surface area (Å²) < 4.78 is 27.5. The predicted molar refractivity (Wildman–Crippen MR) is 69.0 cm³/mol. The van der Waals surface area contributed by atoms with Crippen molar-refractivity contribution in [3.8, 4) is 0 Å². The summed E-state index contributed by atoms with van der Waals surface area (Å²) in [7, 11) is 0. The van der Waals surface area contributed by atoms with E-state index >= 15 is 0 Å². The first-order valence-corrected chi connectivity index (χ1v) is 6.68. The van der Waals surface area contributed by atoms with E-state index in [1.54, 1.807) is 0 Å². The maximum absolute atomic E-state index is 13.5. The van der Waals surface area contributed by atoms with E-state index in [2.05, 4.69) is 15.9 Å². The normalized spacial score (nSPS) is 12.7. The van der Waals surface area contributed by atoms with Gasteiger partial charge in [-0.2, -0.15) is 0 Å². The molecule has 1 nitrogen and oxygen atoms in total. The van der Waals surface area contributed by atoms with Crippen LogP contribution in [0.3, 0.4) is 0 Å². The molecule has 5 heteroatoms. The van der Waals surface area contributed by atoms with Crippen LogP contribution in [0.5, 0.6) is 0 Å². The van der Waals surface area contributed by atoms with Crippen molar-refractivity contribution in [3.05, 3.63) is 56.2 Å². The number of benzene rings is 1. The van der Waals surface area contributed by atoms with Gasteiger partial charge in [-0.3, -0.25) is 0 Å². The van der Waals surface area contributed by atoms with Crippen LogP contribution in [0, 0.1) is 11.6 Å². The van der Waals surface area contributed by atoms with Crippen molar-refractivity contribution in [1.82, 2.24) is 0 Å². The third-order valence-electron chi connectivity index (χ3n) is 2.48. The summed E-state index contributed by atoms with van der Waals surface area (Å²) in [6, 6.07) is 5.45. The van der Waals surface area contributed by atoms with Gasteiger partial charge in [0, 0.05) is 27.4 Å². The topological polar surface area (TPSA) is 26.0 Å². The Morgan fingerprint density at radius 3 is 2.71 bits per heavy atom. The molecule has 90 valence electrons. The van der Waals surface area contributed by atoms with Gasteiger partial charge in [-0.1, -0.05) is 12.1 Å². The molecule has 0 amide bonds. The second-order valence-electron chi connectivity index (χ2n) is 3.65. The van der Waals surface area contributed by atoms with Crippen LogP contribution in [-0.2, 0) is 6.42 Å². The molecule has 2 aromatic rings. The molecule has 2 N–H and O–H groups in total. The van der Waals surface area contributed by atoms with Crippen LogP contribution >= 0.6 is 27.3 Å². The van der Waals surface area contributed by atoms with Crippen molar-refractivity contribution in [2.75, 3.05) is 0 Å². The fourth-order valence-electron chi connectivity index (χ4n) is 1.59. The van der Waals surface area contributed by atoms with Crippen LogP contribution in [0.25, 0.3) is 0 Å². The van der Waals surface area contributed by atoms with Gasteiger partial charge in [0.1, 0.15) is 0 Å². The minimum atomic E-state index is -0.858. The Morgan fingerprint density at radius 2 is 2.06 bits per heavy atom. The molecule has 0 aliphatic heterocycles. The zero-order valence-electron chi connectivity index (χ0n) is 8.79. The largest absolute Gasteiger partial charge is 0.324 e. The molecule has 0 saturated heterocycles. The lowest BCUT2D eigenvalue weighted by Crippen LogP contribution is -2.15. The number of hydrogen-bond donors (Lipinski definition) is 1. The van der Waals surface area contributed by atoms with Crippen molar-refractivity contribution < 1.29 is 8.78 Å². The van der Waals surface area contributed by atoms with Crippen molar-refractivity contribution in [3.63, 3.8) is 0 Å². The fourth-order valence-corrected chi connectivity index (χ4v) is 3.16. The zero-order chi connectivity index (χ0) is 12.4. The Balaban J connectivity index is 2.23. The van der Waals surface area contributed by atoms with E-state index in [-0.39, 0.29) is 5.56 Å². The summed E-state index contributed by atoms with van der Waals surface area (Å²) >= 11 is 4.93. The van der Waals surface area contributed by atoms with Gasteiger partial charge < -0.3 is 5.73 Å². The Hall–Kier alpha value is -0.780. The highest BCUT2D eigenvalue weighted by atomic mass is 79.9. The van der Waals surface area contributed by atoms with E-state index in [1.807, 2.05) is 11.4 Å². The minimum absolute atomic E-state index is 0.213. The average molecular weight is 318 g/mol. The highest BCUT2D eigenvalue weighted by molar-refractivity contribution is 9.10. The van der Waals surface area contributed by atoms with Crippen LogP contribution < -0.4 is 5.73 Å². The zero-order valence-corrected chi connectivity index (χ0v) is 11.2. The lowest BCUT2D eigenvalue weighted by molar-refractivity contribution is 0.488. The first-order chi connectivity index (χ1) is 8.09. The molecule has 1 atom stereocenters. The lowest BCUT2D eigenvalue weighted by Gasteiger charge is -2.12. The van der Waals surface area contributed by atoms with Gasteiger partial charge in [-0.15, -0.1) is 11.3 Å². The third kappa shape index (κ3) is 2.73. The van der Waals surface area contributed by atoms with Gasteiger partial charge in [0.25, 0.3) is 0 Å². The van der Waals surface area contributed by atoms with Crippen LogP contribution in [0.2, 0.25) is 0 Å². The number of thiophene rings is 1. The average Bonchev–Trinajstić information content (AvgIpc) is 2.68. The van der Waals surface area contributed by atoms with Crippen molar-refractivity contribution in [2.45, 2.75) is 12.5 Å². The van der Waals surface area contributed by atoms with Crippen LogP contribution in [-0.4, -0.2) is 0 Å². The van der Waals surface area contributed by atoms with Gasteiger partial charge in [0.15, 0.2) is 11.6 Å². The van der Waals surface area contributed by atoms with Crippen molar-refractivity contribution >= 4 is 27.3 Å². The first kappa shape index (κ1) is 12.7. The maximum Gasteiger partial charge on any atom is 0.163 e. The molecule has 0 radical (unpaired) electrons. The Morgan fingerprint density at radius 1 is 1.29 bits per heavy atom. The molecule has 0 bridgehead atoms. The summed E-state index contributed by atoms with van der Waals surface area (Å²) in [5.74, 6) is -1.71. The minimum Gasteiger partial charge on any atom is -0.324 e. The van der Waals surface area contributed by atoms with E-state index in [1.165, 1.54) is 23.5 Å². The van der Waals surface area contributed by atoms with E-state index < -0.39 is 17.7 Å². The van der Waals surface area contributed by atoms with E-state index in [9.17, 15) is 8.78 Å². The Kier molecular flexibility index (Phi) is 3.91. The van der Waals surface area contributed by atoms with Gasteiger partial charge >= 0.3 is 0 Å². The molecular formula is C12H10BrF2NS. The molecule has 1 aromatic carbocycles.